The highest BCUT2D eigenvalue weighted by atomic mass is 32.2. The predicted molar refractivity (Wildman–Crippen MR) is 62.6 cm³/mol. The molecule has 0 aliphatic heterocycles. The van der Waals surface area contributed by atoms with Crippen LogP contribution in [0.4, 0.5) is 5.69 Å². The minimum Gasteiger partial charge on any atom is -0.284 e. The van der Waals surface area contributed by atoms with Crippen LogP contribution in [0.3, 0.4) is 0 Å². The second kappa shape index (κ2) is 3.65. The average molecular weight is 211 g/mol. The minimum atomic E-state index is -3.17. The molecule has 5 heteroatoms. The maximum atomic E-state index is 11.0. The van der Waals surface area contributed by atoms with Gasteiger partial charge in [0.25, 0.3) is 0 Å². The van der Waals surface area contributed by atoms with Gasteiger partial charge in [0.2, 0.25) is 10.0 Å². The van der Waals surface area contributed by atoms with Gasteiger partial charge >= 0.3 is 0 Å². The normalized spacial score (nSPS) is 11.4. The summed E-state index contributed by atoms with van der Waals surface area (Å²) < 4.78 is 24.5. The topological polar surface area (TPSA) is 46.2 Å². The Kier molecular flexibility index (Phi) is 2.90. The molecule has 0 aliphatic carbocycles. The average Bonchev–Trinajstić information content (AvgIpc) is 1.96. The van der Waals surface area contributed by atoms with Crippen molar-refractivity contribution in [3.8, 4) is 0 Å². The SMILES string of the molecule is Bc1c(C)cc(NS(C)(=O)=O)cc1C. The molecule has 1 N–H and O–H groups in total. The first kappa shape index (κ1) is 11.1. The second-order valence-corrected chi connectivity index (χ2v) is 5.36. The van der Waals surface area contributed by atoms with Crippen LogP contribution in [0.5, 0.6) is 0 Å². The molecule has 0 spiro atoms. The number of benzene rings is 1. The van der Waals surface area contributed by atoms with E-state index in [2.05, 4.69) is 4.72 Å². The molecule has 0 bridgehead atoms. The van der Waals surface area contributed by atoms with Gasteiger partial charge in [-0.1, -0.05) is 16.6 Å². The van der Waals surface area contributed by atoms with Crippen LogP contribution in [0.15, 0.2) is 12.1 Å². The summed E-state index contributed by atoms with van der Waals surface area (Å²) in [7, 11) is -1.15. The molecule has 0 aliphatic rings. The van der Waals surface area contributed by atoms with Gasteiger partial charge in [0.15, 0.2) is 0 Å². The summed E-state index contributed by atoms with van der Waals surface area (Å²) in [5.74, 6) is 0. The van der Waals surface area contributed by atoms with Gasteiger partial charge in [-0.25, -0.2) is 8.42 Å². The van der Waals surface area contributed by atoms with Gasteiger partial charge in [-0.05, 0) is 26.0 Å². The smallest absolute Gasteiger partial charge is 0.229 e. The molecule has 0 saturated heterocycles. The number of sulfonamides is 1. The summed E-state index contributed by atoms with van der Waals surface area (Å²) in [5.41, 5.74) is 4.02. The van der Waals surface area contributed by atoms with Crippen molar-refractivity contribution in [1.82, 2.24) is 0 Å². The Labute approximate surface area is 86.0 Å². The molecule has 0 fully saturated rings. The third-order valence-corrected chi connectivity index (χ3v) is 2.84. The molecule has 0 heterocycles. The van der Waals surface area contributed by atoms with E-state index in [4.69, 9.17) is 0 Å². The second-order valence-electron chi connectivity index (χ2n) is 3.61. The number of rotatable bonds is 2. The van der Waals surface area contributed by atoms with E-state index < -0.39 is 10.0 Å². The molecule has 14 heavy (non-hydrogen) atoms. The Balaban J connectivity index is 3.14. The quantitative estimate of drug-likeness (QED) is 0.696. The van der Waals surface area contributed by atoms with Crippen molar-refractivity contribution < 1.29 is 8.42 Å². The van der Waals surface area contributed by atoms with Crippen molar-refractivity contribution in [2.75, 3.05) is 11.0 Å². The first-order valence-corrected chi connectivity index (χ1v) is 6.24. The highest BCUT2D eigenvalue weighted by Gasteiger charge is 2.04. The Morgan fingerprint density at radius 3 is 2.00 bits per heavy atom. The van der Waals surface area contributed by atoms with Gasteiger partial charge in [-0.15, -0.1) is 0 Å². The minimum absolute atomic E-state index is 0.633. The van der Waals surface area contributed by atoms with Gasteiger partial charge in [-0.2, -0.15) is 0 Å². The number of hydrogen-bond acceptors (Lipinski definition) is 2. The lowest BCUT2D eigenvalue weighted by molar-refractivity contribution is 0.607. The molecule has 1 rings (SSSR count). The van der Waals surface area contributed by atoms with Gasteiger partial charge in [0, 0.05) is 5.69 Å². The van der Waals surface area contributed by atoms with Crippen molar-refractivity contribution in [2.24, 2.45) is 0 Å². The molecular formula is C9H14BNO2S. The van der Waals surface area contributed by atoms with E-state index in [0.29, 0.717) is 5.69 Å². The third-order valence-electron chi connectivity index (χ3n) is 2.23. The molecule has 0 unspecified atom stereocenters. The largest absolute Gasteiger partial charge is 0.284 e. The number of anilines is 1. The van der Waals surface area contributed by atoms with Crippen LogP contribution >= 0.6 is 0 Å². The Hall–Kier alpha value is -0.965. The standard InChI is InChI=1S/C9H14BNO2S/c1-6-4-8(11-14(3,12)13)5-7(2)9(6)10/h4-5,11H,10H2,1-3H3. The summed E-state index contributed by atoms with van der Waals surface area (Å²) in [5, 5.41) is 0. The van der Waals surface area contributed by atoms with E-state index in [0.717, 1.165) is 17.4 Å². The summed E-state index contributed by atoms with van der Waals surface area (Å²) >= 11 is 0. The molecule has 0 saturated carbocycles. The van der Waals surface area contributed by atoms with Crippen molar-refractivity contribution >= 4 is 29.0 Å². The fourth-order valence-electron chi connectivity index (χ4n) is 1.31. The number of nitrogens with one attached hydrogen (secondary N) is 1. The lowest BCUT2D eigenvalue weighted by atomic mass is 9.86. The summed E-state index contributed by atoms with van der Waals surface area (Å²) in [4.78, 5) is 0. The molecule has 0 radical (unpaired) electrons. The highest BCUT2D eigenvalue weighted by Crippen LogP contribution is 2.12. The highest BCUT2D eigenvalue weighted by molar-refractivity contribution is 7.92. The molecule has 1 aromatic rings. The van der Waals surface area contributed by atoms with Crippen molar-refractivity contribution in [1.29, 1.82) is 0 Å². The van der Waals surface area contributed by atoms with Gasteiger partial charge < -0.3 is 0 Å². The first-order chi connectivity index (χ1) is 6.29. The van der Waals surface area contributed by atoms with Crippen LogP contribution in [0.25, 0.3) is 0 Å². The monoisotopic (exact) mass is 211 g/mol. The lowest BCUT2D eigenvalue weighted by Gasteiger charge is -2.09. The fraction of sp³-hybridized carbons (Fsp3) is 0.333. The molecule has 0 atom stereocenters. The number of aryl methyl sites for hydroxylation is 2. The maximum absolute atomic E-state index is 11.0. The molecular weight excluding hydrogens is 197 g/mol. The third kappa shape index (κ3) is 2.77. The Morgan fingerprint density at radius 2 is 1.64 bits per heavy atom. The van der Waals surface area contributed by atoms with E-state index in [1.54, 1.807) is 0 Å². The lowest BCUT2D eigenvalue weighted by Crippen LogP contribution is -2.15. The molecule has 0 aromatic heterocycles. The van der Waals surface area contributed by atoms with Crippen molar-refractivity contribution in [3.63, 3.8) is 0 Å². The molecule has 1 aromatic carbocycles. The van der Waals surface area contributed by atoms with Gasteiger partial charge in [-0.3, -0.25) is 4.72 Å². The van der Waals surface area contributed by atoms with Crippen LogP contribution < -0.4 is 10.2 Å². The van der Waals surface area contributed by atoms with E-state index >= 15 is 0 Å². The summed E-state index contributed by atoms with van der Waals surface area (Å²) in [6.45, 7) is 3.94. The van der Waals surface area contributed by atoms with Crippen LogP contribution in [0.2, 0.25) is 0 Å². The predicted octanol–water partition coefficient (Wildman–Crippen LogP) is -0.0667. The van der Waals surface area contributed by atoms with Crippen molar-refractivity contribution in [3.05, 3.63) is 23.3 Å². The van der Waals surface area contributed by atoms with Crippen LogP contribution in [0.1, 0.15) is 11.1 Å². The summed E-state index contributed by atoms with van der Waals surface area (Å²) in [6, 6.07) is 3.67. The fourth-order valence-corrected chi connectivity index (χ4v) is 1.85. The maximum Gasteiger partial charge on any atom is 0.229 e. The zero-order chi connectivity index (χ0) is 10.9. The van der Waals surface area contributed by atoms with E-state index in [9.17, 15) is 8.42 Å². The zero-order valence-electron chi connectivity index (χ0n) is 8.88. The van der Waals surface area contributed by atoms with E-state index in [-0.39, 0.29) is 0 Å². The van der Waals surface area contributed by atoms with Gasteiger partial charge in [0.1, 0.15) is 7.85 Å². The van der Waals surface area contributed by atoms with Crippen LogP contribution in [-0.2, 0) is 10.0 Å². The van der Waals surface area contributed by atoms with E-state index in [1.807, 2.05) is 33.8 Å². The van der Waals surface area contributed by atoms with Crippen molar-refractivity contribution in [2.45, 2.75) is 13.8 Å². The van der Waals surface area contributed by atoms with E-state index in [1.165, 1.54) is 5.46 Å². The summed E-state index contributed by atoms with van der Waals surface area (Å²) in [6.07, 6.45) is 1.15. The molecule has 0 amide bonds. The van der Waals surface area contributed by atoms with Crippen LogP contribution in [-0.4, -0.2) is 22.5 Å². The van der Waals surface area contributed by atoms with Gasteiger partial charge in [0.05, 0.1) is 6.26 Å². The number of hydrogen-bond donors (Lipinski definition) is 1. The Bertz CT molecular complexity index is 431. The first-order valence-electron chi connectivity index (χ1n) is 4.35. The zero-order valence-corrected chi connectivity index (χ0v) is 9.70. The molecule has 76 valence electrons. The molecule has 3 nitrogen and oxygen atoms in total. The Morgan fingerprint density at radius 1 is 1.21 bits per heavy atom. The van der Waals surface area contributed by atoms with Crippen LogP contribution in [0, 0.1) is 13.8 Å².